The molecule has 0 amide bonds. The molecule has 3 aromatic carbocycles. The van der Waals surface area contributed by atoms with E-state index < -0.39 is 10.1 Å². The molecule has 0 radical (unpaired) electrons. The minimum atomic E-state index is -3.52. The first-order valence-electron chi connectivity index (χ1n) is 12.7. The van der Waals surface area contributed by atoms with Crippen LogP contribution in [0.15, 0.2) is 94.7 Å². The van der Waals surface area contributed by atoms with Gasteiger partial charge < -0.3 is 8.92 Å². The molecule has 0 aromatic heterocycles. The second-order valence-electron chi connectivity index (χ2n) is 9.58. The SMILES string of the molecule is CCCCCCCCS(=O)(=O)Oc1ccc(OC(C)(C)C)cc1.c1ccc([SH+]c2ccccc2)cc1. The molecule has 0 bridgehead atoms. The van der Waals surface area contributed by atoms with Gasteiger partial charge in [0.15, 0.2) is 9.79 Å². The van der Waals surface area contributed by atoms with Crippen LogP contribution in [-0.4, -0.2) is 19.8 Å². The van der Waals surface area contributed by atoms with Gasteiger partial charge in [-0.05, 0) is 75.7 Å². The summed E-state index contributed by atoms with van der Waals surface area (Å²) in [7, 11) is -3.52. The maximum atomic E-state index is 11.9. The van der Waals surface area contributed by atoms with Crippen LogP contribution in [0.2, 0.25) is 0 Å². The second-order valence-corrected chi connectivity index (χ2v) is 12.5. The lowest BCUT2D eigenvalue weighted by Gasteiger charge is -2.21. The molecule has 0 saturated carbocycles. The first-order valence-corrected chi connectivity index (χ1v) is 15.2. The van der Waals surface area contributed by atoms with Gasteiger partial charge in [-0.25, -0.2) is 0 Å². The highest BCUT2D eigenvalue weighted by molar-refractivity contribution is 7.87. The fourth-order valence-electron chi connectivity index (χ4n) is 3.32. The minimum absolute atomic E-state index is 0.0688. The van der Waals surface area contributed by atoms with E-state index in [2.05, 4.69) is 55.5 Å². The minimum Gasteiger partial charge on any atom is -0.488 e. The lowest BCUT2D eigenvalue weighted by Crippen LogP contribution is -2.22. The number of benzene rings is 3. The highest BCUT2D eigenvalue weighted by atomic mass is 32.2. The van der Waals surface area contributed by atoms with Crippen molar-refractivity contribution in [3.05, 3.63) is 84.9 Å². The van der Waals surface area contributed by atoms with E-state index >= 15 is 0 Å². The first-order chi connectivity index (χ1) is 17.2. The lowest BCUT2D eigenvalue weighted by atomic mass is 10.1. The smallest absolute Gasteiger partial charge is 0.309 e. The molecular formula is C30H41O4S2+. The summed E-state index contributed by atoms with van der Waals surface area (Å²) >= 11 is 1.28. The van der Waals surface area contributed by atoms with E-state index in [-0.39, 0.29) is 11.4 Å². The monoisotopic (exact) mass is 529 g/mol. The Morgan fingerprint density at radius 1 is 0.667 bits per heavy atom. The molecule has 0 spiro atoms. The molecule has 196 valence electrons. The number of hydrogen-bond donors (Lipinski definition) is 0. The van der Waals surface area contributed by atoms with Crippen LogP contribution in [0.4, 0.5) is 0 Å². The summed E-state index contributed by atoms with van der Waals surface area (Å²) in [6, 6.07) is 27.7. The zero-order valence-electron chi connectivity index (χ0n) is 22.0. The zero-order valence-corrected chi connectivity index (χ0v) is 23.7. The van der Waals surface area contributed by atoms with E-state index in [1.807, 2.05) is 32.9 Å². The van der Waals surface area contributed by atoms with Crippen LogP contribution in [0.1, 0.15) is 66.2 Å². The quantitative estimate of drug-likeness (QED) is 0.104. The Labute approximate surface area is 222 Å². The van der Waals surface area contributed by atoms with Crippen LogP contribution in [0.3, 0.4) is 0 Å². The largest absolute Gasteiger partial charge is 0.488 e. The molecule has 36 heavy (non-hydrogen) atoms. The standard InChI is InChI=1S/C18H30O4S.C12H10S/c1-5-6-7-8-9-10-15-23(19,20)22-17-13-11-16(12-14-17)21-18(2,3)4;1-3-7-11(8-4-1)13-12-9-5-2-6-10-12/h11-14H,5-10,15H2,1-4H3;1-10H/p+1. The molecule has 0 saturated heterocycles. The third kappa shape index (κ3) is 13.6. The summed E-state index contributed by atoms with van der Waals surface area (Å²) in [6.07, 6.45) is 6.25. The molecule has 4 nitrogen and oxygen atoms in total. The van der Waals surface area contributed by atoms with Crippen molar-refractivity contribution in [1.82, 2.24) is 0 Å². The Morgan fingerprint density at radius 3 is 1.64 bits per heavy atom. The van der Waals surface area contributed by atoms with Crippen LogP contribution in [-0.2, 0) is 21.9 Å². The fourth-order valence-corrected chi connectivity index (χ4v) is 5.30. The Morgan fingerprint density at radius 2 is 1.14 bits per heavy atom. The summed E-state index contributed by atoms with van der Waals surface area (Å²) in [4.78, 5) is 2.68. The molecule has 0 aliphatic carbocycles. The molecule has 3 aromatic rings. The van der Waals surface area contributed by atoms with Gasteiger partial charge in [0.1, 0.15) is 17.1 Å². The number of ether oxygens (including phenoxy) is 1. The van der Waals surface area contributed by atoms with Crippen molar-refractivity contribution < 1.29 is 17.3 Å². The molecular weight excluding hydrogens is 488 g/mol. The van der Waals surface area contributed by atoms with Crippen molar-refractivity contribution in [3.63, 3.8) is 0 Å². The third-order valence-electron chi connectivity index (χ3n) is 4.99. The van der Waals surface area contributed by atoms with Gasteiger partial charge in [0, 0.05) is 11.8 Å². The average Bonchev–Trinajstić information content (AvgIpc) is 2.83. The number of unbranched alkanes of at least 4 members (excludes halogenated alkanes) is 5. The van der Waals surface area contributed by atoms with Crippen molar-refractivity contribution in [3.8, 4) is 11.5 Å². The Bertz CT molecular complexity index is 1040. The Hall–Kier alpha value is -2.44. The van der Waals surface area contributed by atoms with Crippen molar-refractivity contribution >= 4 is 21.9 Å². The van der Waals surface area contributed by atoms with Crippen LogP contribution < -0.4 is 8.92 Å². The Balaban J connectivity index is 0.000000293. The van der Waals surface area contributed by atoms with E-state index in [4.69, 9.17) is 8.92 Å². The van der Waals surface area contributed by atoms with E-state index in [9.17, 15) is 8.42 Å². The third-order valence-corrected chi connectivity index (χ3v) is 7.34. The maximum absolute atomic E-state index is 11.9. The van der Waals surface area contributed by atoms with Gasteiger partial charge in [-0.15, -0.1) is 0 Å². The van der Waals surface area contributed by atoms with Gasteiger partial charge in [0.05, 0.1) is 5.75 Å². The highest BCUT2D eigenvalue weighted by Crippen LogP contribution is 2.23. The maximum Gasteiger partial charge on any atom is 0.309 e. The van der Waals surface area contributed by atoms with Crippen molar-refractivity contribution in [2.24, 2.45) is 0 Å². The molecule has 0 heterocycles. The predicted molar refractivity (Wildman–Crippen MR) is 153 cm³/mol. The van der Waals surface area contributed by atoms with Crippen molar-refractivity contribution in [2.45, 2.75) is 81.6 Å². The summed E-state index contributed by atoms with van der Waals surface area (Å²) < 4.78 is 34.7. The lowest BCUT2D eigenvalue weighted by molar-refractivity contribution is 0.131. The van der Waals surface area contributed by atoms with Crippen LogP contribution >= 0.6 is 0 Å². The summed E-state index contributed by atoms with van der Waals surface area (Å²) in [5.41, 5.74) is -0.285. The van der Waals surface area contributed by atoms with Gasteiger partial charge in [-0.3, -0.25) is 0 Å². The summed E-state index contributed by atoms with van der Waals surface area (Å²) in [5, 5.41) is 0. The molecule has 3 rings (SSSR count). The summed E-state index contributed by atoms with van der Waals surface area (Å²) in [6.45, 7) is 8.04. The summed E-state index contributed by atoms with van der Waals surface area (Å²) in [5.74, 6) is 1.09. The molecule has 0 N–H and O–H groups in total. The average molecular weight is 530 g/mol. The van der Waals surface area contributed by atoms with Gasteiger partial charge >= 0.3 is 10.1 Å². The van der Waals surface area contributed by atoms with Crippen molar-refractivity contribution in [1.29, 1.82) is 0 Å². The van der Waals surface area contributed by atoms with Crippen LogP contribution in [0.5, 0.6) is 11.5 Å². The van der Waals surface area contributed by atoms with Crippen molar-refractivity contribution in [2.75, 3.05) is 5.75 Å². The van der Waals surface area contributed by atoms with Gasteiger partial charge in [-0.1, -0.05) is 75.4 Å². The van der Waals surface area contributed by atoms with Crippen LogP contribution in [0, 0.1) is 0 Å². The molecule has 0 fully saturated rings. The van der Waals surface area contributed by atoms with E-state index in [1.165, 1.54) is 40.8 Å². The van der Waals surface area contributed by atoms with E-state index in [0.29, 0.717) is 17.9 Å². The fraction of sp³-hybridized carbons (Fsp3) is 0.400. The van der Waals surface area contributed by atoms with E-state index in [1.54, 1.807) is 24.3 Å². The van der Waals surface area contributed by atoms with Gasteiger partial charge in [-0.2, -0.15) is 8.42 Å². The number of rotatable bonds is 12. The van der Waals surface area contributed by atoms with Gasteiger partial charge in [0.25, 0.3) is 0 Å². The van der Waals surface area contributed by atoms with E-state index in [0.717, 1.165) is 12.8 Å². The van der Waals surface area contributed by atoms with Gasteiger partial charge in [0.2, 0.25) is 0 Å². The number of thiol groups is 1. The highest BCUT2D eigenvalue weighted by Gasteiger charge is 2.14. The Kier molecular flexibility index (Phi) is 12.9. The predicted octanol–water partition coefficient (Wildman–Crippen LogP) is 7.85. The van der Waals surface area contributed by atoms with Crippen LogP contribution in [0.25, 0.3) is 0 Å². The number of hydrogen-bond acceptors (Lipinski definition) is 4. The molecule has 0 aliphatic heterocycles. The molecule has 0 atom stereocenters. The topological polar surface area (TPSA) is 52.6 Å². The second kappa shape index (κ2) is 15.6. The molecule has 6 heteroatoms. The first kappa shape index (κ1) is 29.8. The molecule has 0 aliphatic rings. The normalized spacial score (nSPS) is 11.3. The molecule has 0 unspecified atom stereocenters. The zero-order chi connectivity index (χ0) is 26.3.